The lowest BCUT2D eigenvalue weighted by Crippen LogP contribution is -2.36. The van der Waals surface area contributed by atoms with Gasteiger partial charge in [-0.25, -0.2) is 4.98 Å². The highest BCUT2D eigenvalue weighted by molar-refractivity contribution is 7.14. The Kier molecular flexibility index (Phi) is 5.60. The van der Waals surface area contributed by atoms with Crippen LogP contribution < -0.4 is 5.32 Å². The smallest absolute Gasteiger partial charge is 0.326 e. The summed E-state index contributed by atoms with van der Waals surface area (Å²) in [6.45, 7) is 1.00. The third kappa shape index (κ3) is 4.76. The van der Waals surface area contributed by atoms with Gasteiger partial charge in [0.1, 0.15) is 6.54 Å². The van der Waals surface area contributed by atoms with Crippen LogP contribution in [0.2, 0.25) is 0 Å². The van der Waals surface area contributed by atoms with Crippen molar-refractivity contribution in [2.45, 2.75) is 19.8 Å². The van der Waals surface area contributed by atoms with E-state index in [1.807, 2.05) is 36.6 Å². The molecule has 1 N–H and O–H groups in total. The second kappa shape index (κ2) is 8.09. The SMILES string of the molecule is Cc1ccc(-c2csc(NC(=O)COC(=O)CN3C(=O)CCC3=O)n2)cc1. The van der Waals surface area contributed by atoms with Crippen LogP contribution in [0.3, 0.4) is 0 Å². The van der Waals surface area contributed by atoms with Crippen LogP contribution in [0, 0.1) is 6.92 Å². The number of anilines is 1. The molecule has 0 bridgehead atoms. The van der Waals surface area contributed by atoms with Gasteiger partial charge in [0.2, 0.25) is 11.8 Å². The number of nitrogens with zero attached hydrogens (tertiary/aromatic N) is 2. The molecule has 0 unspecified atom stereocenters. The van der Waals surface area contributed by atoms with Crippen molar-refractivity contribution in [3.63, 3.8) is 0 Å². The molecule has 0 radical (unpaired) electrons. The monoisotopic (exact) mass is 387 g/mol. The molecular weight excluding hydrogens is 370 g/mol. The van der Waals surface area contributed by atoms with Crippen LogP contribution >= 0.6 is 11.3 Å². The molecule has 1 aliphatic rings. The molecule has 3 rings (SSSR count). The molecule has 8 nitrogen and oxygen atoms in total. The zero-order valence-electron chi connectivity index (χ0n) is 14.6. The second-order valence-electron chi connectivity index (χ2n) is 5.99. The Bertz CT molecular complexity index is 875. The number of hydrogen-bond acceptors (Lipinski definition) is 7. The minimum absolute atomic E-state index is 0.0972. The molecule has 140 valence electrons. The van der Waals surface area contributed by atoms with Crippen LogP contribution in [0.1, 0.15) is 18.4 Å². The summed E-state index contributed by atoms with van der Waals surface area (Å²) in [6, 6.07) is 7.84. The largest absolute Gasteiger partial charge is 0.454 e. The third-order valence-corrected chi connectivity index (χ3v) is 4.66. The summed E-state index contributed by atoms with van der Waals surface area (Å²) in [6.07, 6.45) is 0.194. The summed E-state index contributed by atoms with van der Waals surface area (Å²) in [5, 5.41) is 4.76. The van der Waals surface area contributed by atoms with Gasteiger partial charge in [-0.1, -0.05) is 29.8 Å². The van der Waals surface area contributed by atoms with Crippen molar-refractivity contribution in [1.82, 2.24) is 9.88 Å². The van der Waals surface area contributed by atoms with Gasteiger partial charge in [0.15, 0.2) is 11.7 Å². The number of carbonyl (C=O) groups is 4. The van der Waals surface area contributed by atoms with E-state index in [-0.39, 0.29) is 12.8 Å². The molecule has 1 aliphatic heterocycles. The van der Waals surface area contributed by atoms with E-state index in [1.165, 1.54) is 11.3 Å². The van der Waals surface area contributed by atoms with Gasteiger partial charge in [0.25, 0.3) is 5.91 Å². The first kappa shape index (κ1) is 18.7. The van der Waals surface area contributed by atoms with Crippen molar-refractivity contribution in [3.8, 4) is 11.3 Å². The van der Waals surface area contributed by atoms with Crippen LogP contribution in [0.15, 0.2) is 29.6 Å². The normalized spacial score (nSPS) is 13.7. The topological polar surface area (TPSA) is 106 Å². The molecule has 1 fully saturated rings. The van der Waals surface area contributed by atoms with Crippen LogP contribution in [-0.4, -0.2) is 46.7 Å². The van der Waals surface area contributed by atoms with E-state index in [4.69, 9.17) is 4.74 Å². The Morgan fingerprint density at radius 2 is 1.85 bits per heavy atom. The van der Waals surface area contributed by atoms with Gasteiger partial charge in [0.05, 0.1) is 5.69 Å². The molecule has 1 aromatic heterocycles. The number of nitrogens with one attached hydrogen (secondary N) is 1. The first-order valence-corrected chi connectivity index (χ1v) is 9.11. The average molecular weight is 387 g/mol. The Labute approximate surface area is 159 Å². The van der Waals surface area contributed by atoms with Gasteiger partial charge in [-0.05, 0) is 6.92 Å². The van der Waals surface area contributed by atoms with E-state index in [9.17, 15) is 19.2 Å². The number of hydrogen-bond donors (Lipinski definition) is 1. The number of benzene rings is 1. The molecule has 9 heteroatoms. The Morgan fingerprint density at radius 1 is 1.19 bits per heavy atom. The molecule has 0 atom stereocenters. The summed E-state index contributed by atoms with van der Waals surface area (Å²) in [5.41, 5.74) is 2.81. The van der Waals surface area contributed by atoms with Crippen LogP contribution in [0.25, 0.3) is 11.3 Å². The van der Waals surface area contributed by atoms with Gasteiger partial charge in [-0.3, -0.25) is 29.4 Å². The summed E-state index contributed by atoms with van der Waals surface area (Å²) in [5.74, 6) is -2.18. The molecule has 0 spiro atoms. The number of rotatable bonds is 6. The fraction of sp³-hybridized carbons (Fsp3) is 0.278. The third-order valence-electron chi connectivity index (χ3n) is 3.90. The number of ether oxygens (including phenoxy) is 1. The fourth-order valence-corrected chi connectivity index (χ4v) is 3.20. The minimum atomic E-state index is -0.812. The van der Waals surface area contributed by atoms with Crippen LogP contribution in [0.5, 0.6) is 0 Å². The maximum atomic E-state index is 11.9. The van der Waals surface area contributed by atoms with Crippen molar-refractivity contribution in [3.05, 3.63) is 35.2 Å². The number of esters is 1. The molecule has 2 aromatic rings. The molecule has 0 aliphatic carbocycles. The number of carbonyl (C=O) groups excluding carboxylic acids is 4. The van der Waals surface area contributed by atoms with Gasteiger partial charge in [-0.15, -0.1) is 11.3 Å². The molecule has 1 aromatic carbocycles. The van der Waals surface area contributed by atoms with Crippen LogP contribution in [0.4, 0.5) is 5.13 Å². The van der Waals surface area contributed by atoms with Crippen LogP contribution in [-0.2, 0) is 23.9 Å². The lowest BCUT2D eigenvalue weighted by Gasteiger charge is -2.12. The predicted molar refractivity (Wildman–Crippen MR) is 97.8 cm³/mol. The fourth-order valence-electron chi connectivity index (χ4n) is 2.46. The Morgan fingerprint density at radius 3 is 2.52 bits per heavy atom. The quantitative estimate of drug-likeness (QED) is 0.598. The standard InChI is InChI=1S/C18H17N3O5S/c1-11-2-4-12(5-3-11)13-10-27-18(19-13)20-14(22)9-26-17(25)8-21-15(23)6-7-16(21)24/h2-5,10H,6-9H2,1H3,(H,19,20,22). The van der Waals surface area contributed by atoms with Gasteiger partial charge >= 0.3 is 5.97 Å². The van der Waals surface area contributed by atoms with Gasteiger partial charge < -0.3 is 4.74 Å². The maximum Gasteiger partial charge on any atom is 0.326 e. The van der Waals surface area contributed by atoms with Crippen molar-refractivity contribution >= 4 is 40.2 Å². The van der Waals surface area contributed by atoms with E-state index in [0.29, 0.717) is 5.13 Å². The molecular formula is C18H17N3O5S. The van der Waals surface area contributed by atoms with E-state index < -0.39 is 36.8 Å². The average Bonchev–Trinajstić information content (AvgIpc) is 3.22. The Balaban J connectivity index is 1.48. The molecule has 27 heavy (non-hydrogen) atoms. The minimum Gasteiger partial charge on any atom is -0.454 e. The summed E-state index contributed by atoms with van der Waals surface area (Å²) in [4.78, 5) is 51.7. The first-order chi connectivity index (χ1) is 12.9. The van der Waals surface area contributed by atoms with Gasteiger partial charge in [0, 0.05) is 23.8 Å². The lowest BCUT2D eigenvalue weighted by atomic mass is 10.1. The number of aromatic nitrogens is 1. The number of thiazole rings is 1. The molecule has 0 saturated carbocycles. The Hall–Kier alpha value is -3.07. The van der Waals surface area contributed by atoms with Crippen molar-refractivity contribution in [2.75, 3.05) is 18.5 Å². The van der Waals surface area contributed by atoms with E-state index >= 15 is 0 Å². The number of imide groups is 1. The van der Waals surface area contributed by atoms with E-state index in [2.05, 4.69) is 10.3 Å². The van der Waals surface area contributed by atoms with Crippen molar-refractivity contribution in [2.24, 2.45) is 0 Å². The summed E-state index contributed by atoms with van der Waals surface area (Å²) < 4.78 is 4.82. The maximum absolute atomic E-state index is 11.9. The van der Waals surface area contributed by atoms with Gasteiger partial charge in [-0.2, -0.15) is 0 Å². The zero-order valence-corrected chi connectivity index (χ0v) is 15.4. The lowest BCUT2D eigenvalue weighted by molar-refractivity contribution is -0.153. The zero-order chi connectivity index (χ0) is 19.4. The molecule has 3 amide bonds. The number of likely N-dealkylation sites (tertiary alicyclic amines) is 1. The van der Waals surface area contributed by atoms with Crippen molar-refractivity contribution in [1.29, 1.82) is 0 Å². The highest BCUT2D eigenvalue weighted by atomic mass is 32.1. The molecule has 1 saturated heterocycles. The van der Waals surface area contributed by atoms with Crippen molar-refractivity contribution < 1.29 is 23.9 Å². The highest BCUT2D eigenvalue weighted by Gasteiger charge is 2.31. The number of aryl methyl sites for hydroxylation is 1. The number of amides is 3. The van der Waals surface area contributed by atoms with E-state index in [0.717, 1.165) is 21.7 Å². The van der Waals surface area contributed by atoms with E-state index in [1.54, 1.807) is 0 Å². The highest BCUT2D eigenvalue weighted by Crippen LogP contribution is 2.25. The summed E-state index contributed by atoms with van der Waals surface area (Å²) in [7, 11) is 0. The first-order valence-electron chi connectivity index (χ1n) is 8.23. The summed E-state index contributed by atoms with van der Waals surface area (Å²) >= 11 is 1.26. The predicted octanol–water partition coefficient (Wildman–Crippen LogP) is 1.75. The molecule has 2 heterocycles. The second-order valence-corrected chi connectivity index (χ2v) is 6.84.